The highest BCUT2D eigenvalue weighted by Crippen LogP contribution is 2.69. The van der Waals surface area contributed by atoms with Crippen LogP contribution in [0.1, 0.15) is 30.5 Å². The minimum Gasteiger partial charge on any atom is -0.423 e. The number of aryl methyl sites for hydroxylation is 3. The highest BCUT2D eigenvalue weighted by Gasteiger charge is 2.45. The van der Waals surface area contributed by atoms with Gasteiger partial charge in [-0.1, -0.05) is 48.1 Å². The third kappa shape index (κ3) is 2.94. The van der Waals surface area contributed by atoms with Crippen LogP contribution in [0.3, 0.4) is 0 Å². The van der Waals surface area contributed by atoms with Gasteiger partial charge in [0.2, 0.25) is 0 Å². The second kappa shape index (κ2) is 6.57. The fourth-order valence-electron chi connectivity index (χ4n) is 3.34. The maximum atomic E-state index is 14.0. The van der Waals surface area contributed by atoms with Crippen LogP contribution < -0.4 is 9.19 Å². The van der Waals surface area contributed by atoms with Gasteiger partial charge < -0.3 is 4.52 Å². The number of hydrogen-bond acceptors (Lipinski definition) is 2. The minimum atomic E-state index is -3.23. The summed E-state index contributed by atoms with van der Waals surface area (Å²) in [5, 5.41) is 0.723. The van der Waals surface area contributed by atoms with Crippen molar-refractivity contribution >= 4 is 18.9 Å². The molecule has 1 unspecified atom stereocenters. The van der Waals surface area contributed by atoms with Gasteiger partial charge in [-0.25, -0.2) is 4.57 Å². The van der Waals surface area contributed by atoms with Crippen molar-refractivity contribution in [2.24, 2.45) is 0 Å². The van der Waals surface area contributed by atoms with Crippen molar-refractivity contribution < 1.29 is 9.09 Å². The molecular formula is C21H24NO2P. The molecule has 25 heavy (non-hydrogen) atoms. The maximum Gasteiger partial charge on any atom is 0.374 e. The molecule has 0 saturated heterocycles. The van der Waals surface area contributed by atoms with E-state index in [4.69, 9.17) is 4.52 Å². The third-order valence-corrected chi connectivity index (χ3v) is 6.83. The first kappa shape index (κ1) is 17.6. The van der Waals surface area contributed by atoms with Gasteiger partial charge in [-0.3, -0.25) is 4.67 Å². The lowest BCUT2D eigenvalue weighted by atomic mass is 10.0. The number of para-hydroxylation sites is 2. The fourth-order valence-corrected chi connectivity index (χ4v) is 5.61. The Hall–Kier alpha value is -2.25. The van der Waals surface area contributed by atoms with Gasteiger partial charge in [0.15, 0.2) is 5.75 Å². The fraction of sp³-hybridized carbons (Fsp3) is 0.238. The number of benzene rings is 2. The lowest BCUT2D eigenvalue weighted by molar-refractivity contribution is 0.501. The van der Waals surface area contributed by atoms with Crippen LogP contribution in [0.25, 0.3) is 0 Å². The Bertz CT molecular complexity index is 904. The van der Waals surface area contributed by atoms with E-state index in [0.717, 1.165) is 27.8 Å². The van der Waals surface area contributed by atoms with E-state index < -0.39 is 7.52 Å². The highest BCUT2D eigenvalue weighted by atomic mass is 31.2. The van der Waals surface area contributed by atoms with E-state index in [9.17, 15) is 4.57 Å². The van der Waals surface area contributed by atoms with Crippen molar-refractivity contribution in [1.82, 2.24) is 0 Å². The maximum absolute atomic E-state index is 14.0. The normalized spacial score (nSPS) is 20.0. The van der Waals surface area contributed by atoms with Crippen molar-refractivity contribution in [2.45, 2.75) is 34.6 Å². The van der Waals surface area contributed by atoms with Gasteiger partial charge in [-0.15, -0.1) is 0 Å². The van der Waals surface area contributed by atoms with Gasteiger partial charge in [0.1, 0.15) is 0 Å². The lowest BCUT2D eigenvalue weighted by Crippen LogP contribution is -2.14. The number of fused-ring (bicyclic) bond motifs is 1. The van der Waals surface area contributed by atoms with Crippen molar-refractivity contribution in [3.8, 4) is 5.75 Å². The number of anilines is 2. The van der Waals surface area contributed by atoms with Crippen molar-refractivity contribution in [1.29, 1.82) is 0 Å². The summed E-state index contributed by atoms with van der Waals surface area (Å²) in [7, 11) is -3.23. The number of nitrogens with zero attached hydrogens (tertiary/aromatic N) is 1. The zero-order valence-electron chi connectivity index (χ0n) is 15.4. The van der Waals surface area contributed by atoms with Gasteiger partial charge in [-0.05, 0) is 57.9 Å². The molecule has 4 heteroatoms. The summed E-state index contributed by atoms with van der Waals surface area (Å²) in [5.41, 5.74) is 5.21. The van der Waals surface area contributed by atoms with Gasteiger partial charge in [0.25, 0.3) is 0 Å². The predicted octanol–water partition coefficient (Wildman–Crippen LogP) is 6.82. The van der Waals surface area contributed by atoms with Crippen molar-refractivity contribution in [2.75, 3.05) is 4.67 Å². The Morgan fingerprint density at radius 3 is 2.40 bits per heavy atom. The van der Waals surface area contributed by atoms with E-state index in [2.05, 4.69) is 32.9 Å². The molecule has 1 aliphatic rings. The second-order valence-electron chi connectivity index (χ2n) is 6.47. The van der Waals surface area contributed by atoms with Crippen LogP contribution in [-0.4, -0.2) is 0 Å². The van der Waals surface area contributed by atoms with Crippen LogP contribution in [0.15, 0.2) is 59.9 Å². The summed E-state index contributed by atoms with van der Waals surface area (Å²) in [6.07, 6.45) is 5.69. The molecule has 1 aliphatic heterocycles. The molecule has 1 heterocycles. The first-order valence-corrected chi connectivity index (χ1v) is 10.0. The summed E-state index contributed by atoms with van der Waals surface area (Å²) < 4.78 is 21.9. The minimum absolute atomic E-state index is 0.665. The van der Waals surface area contributed by atoms with Gasteiger partial charge in [-0.2, -0.15) is 0 Å². The Labute approximate surface area is 150 Å². The lowest BCUT2D eigenvalue weighted by Gasteiger charge is -2.28. The Morgan fingerprint density at radius 1 is 1.12 bits per heavy atom. The number of rotatable bonds is 3. The van der Waals surface area contributed by atoms with E-state index in [1.165, 1.54) is 5.56 Å². The molecular weight excluding hydrogens is 329 g/mol. The van der Waals surface area contributed by atoms with Crippen LogP contribution in [0.5, 0.6) is 5.75 Å². The van der Waals surface area contributed by atoms with E-state index in [1.807, 2.05) is 61.0 Å². The van der Waals surface area contributed by atoms with E-state index in [0.29, 0.717) is 5.75 Å². The first-order valence-electron chi connectivity index (χ1n) is 8.45. The van der Waals surface area contributed by atoms with E-state index >= 15 is 0 Å². The molecule has 0 N–H and O–H groups in total. The first-order chi connectivity index (χ1) is 11.9. The number of hydrogen-bond donors (Lipinski definition) is 0. The van der Waals surface area contributed by atoms with E-state index in [-0.39, 0.29) is 0 Å². The van der Waals surface area contributed by atoms with Crippen molar-refractivity contribution in [3.05, 3.63) is 76.6 Å². The number of allylic oxidation sites excluding steroid dienone is 4. The standard InChI is InChI=1S/C21H24NO2P/c1-6-7-10-18(5)25(23)22(19-11-8-9-12-20(19)24-25)21-16(3)13-15(2)14-17(21)4/h6-14H,1-5H3. The topological polar surface area (TPSA) is 29.5 Å². The monoisotopic (exact) mass is 353 g/mol. The van der Waals surface area contributed by atoms with Crippen LogP contribution >= 0.6 is 7.52 Å². The summed E-state index contributed by atoms with van der Waals surface area (Å²) in [6.45, 7) is 10.0. The molecule has 0 aliphatic carbocycles. The van der Waals surface area contributed by atoms with Gasteiger partial charge in [0.05, 0.1) is 11.4 Å². The molecule has 0 amide bonds. The third-order valence-electron chi connectivity index (χ3n) is 4.40. The summed E-state index contributed by atoms with van der Waals surface area (Å²) in [4.78, 5) is 0. The molecule has 3 rings (SSSR count). The molecule has 0 spiro atoms. The molecule has 3 nitrogen and oxygen atoms in total. The van der Waals surface area contributed by atoms with Gasteiger partial charge >= 0.3 is 7.52 Å². The van der Waals surface area contributed by atoms with Crippen LogP contribution in [0.4, 0.5) is 11.4 Å². The second-order valence-corrected chi connectivity index (χ2v) is 8.80. The molecule has 0 bridgehead atoms. The Balaban J connectivity index is 2.28. The summed E-state index contributed by atoms with van der Waals surface area (Å²) in [5.74, 6) is 0.665. The average molecular weight is 353 g/mol. The molecule has 1 atom stereocenters. The predicted molar refractivity (Wildman–Crippen MR) is 106 cm³/mol. The molecule has 2 aromatic carbocycles. The zero-order chi connectivity index (χ0) is 18.2. The Kier molecular flexibility index (Phi) is 4.62. The summed E-state index contributed by atoms with van der Waals surface area (Å²) in [6, 6.07) is 12.0. The SMILES string of the molecule is CC=CC=C(C)P1(=O)Oc2ccccc2N1c1c(C)cc(C)cc1C. The molecule has 0 radical (unpaired) electrons. The van der Waals surface area contributed by atoms with Crippen LogP contribution in [-0.2, 0) is 4.57 Å². The molecule has 0 fully saturated rings. The molecule has 0 saturated carbocycles. The molecule has 2 aromatic rings. The zero-order valence-corrected chi connectivity index (χ0v) is 16.3. The molecule has 130 valence electrons. The summed E-state index contributed by atoms with van der Waals surface area (Å²) >= 11 is 0. The quantitative estimate of drug-likeness (QED) is 0.448. The van der Waals surface area contributed by atoms with Crippen molar-refractivity contribution in [3.63, 3.8) is 0 Å². The smallest absolute Gasteiger partial charge is 0.374 e. The van der Waals surface area contributed by atoms with Gasteiger partial charge in [0, 0.05) is 5.31 Å². The Morgan fingerprint density at radius 2 is 1.76 bits per heavy atom. The average Bonchev–Trinajstić information content (AvgIpc) is 2.85. The highest BCUT2D eigenvalue weighted by molar-refractivity contribution is 7.66. The van der Waals surface area contributed by atoms with Crippen LogP contribution in [0.2, 0.25) is 0 Å². The van der Waals surface area contributed by atoms with E-state index in [1.54, 1.807) is 0 Å². The largest absolute Gasteiger partial charge is 0.423 e. The van der Waals surface area contributed by atoms with Crippen LogP contribution in [0, 0.1) is 20.8 Å². The molecule has 0 aromatic heterocycles.